The lowest BCUT2D eigenvalue weighted by Gasteiger charge is -2.20. The smallest absolute Gasteiger partial charge is 0.310 e. The van der Waals surface area contributed by atoms with E-state index in [4.69, 9.17) is 0 Å². The number of aromatic nitrogens is 1. The average Bonchev–Trinajstić information content (AvgIpc) is 2.81. The molecule has 1 aromatic carbocycles. The number of pyridine rings is 1. The number of hydrogen-bond acceptors (Lipinski definition) is 3. The Labute approximate surface area is 131 Å². The fourth-order valence-electron chi connectivity index (χ4n) is 2.96. The predicted molar refractivity (Wildman–Crippen MR) is 85.1 cm³/mol. The van der Waals surface area contributed by atoms with E-state index in [-0.39, 0.29) is 0 Å². The second-order valence-electron chi connectivity index (χ2n) is 5.97. The summed E-state index contributed by atoms with van der Waals surface area (Å²) < 4.78 is 1.03. The molecule has 0 aliphatic carbocycles. The molecule has 1 atom stereocenters. The van der Waals surface area contributed by atoms with Gasteiger partial charge in [-0.15, -0.1) is 0 Å². The van der Waals surface area contributed by atoms with Crippen LogP contribution in [0.25, 0.3) is 10.9 Å². The Morgan fingerprint density at radius 2 is 2.33 bits per heavy atom. The molecule has 1 aromatic heterocycles. The van der Waals surface area contributed by atoms with Crippen molar-refractivity contribution in [2.75, 3.05) is 13.1 Å². The molecule has 2 aromatic rings. The fraction of sp³-hybridized carbons (Fsp3) is 0.375. The van der Waals surface area contributed by atoms with Gasteiger partial charge < -0.3 is 5.11 Å². The zero-order valence-electron chi connectivity index (χ0n) is 11.8. The SMILES string of the molecule is CC1(C(=O)O)CCN(Cc2cc(Br)cc3cccnc23)C1. The quantitative estimate of drug-likeness (QED) is 0.924. The molecule has 0 saturated carbocycles. The van der Waals surface area contributed by atoms with Crippen LogP contribution in [0.3, 0.4) is 0 Å². The second-order valence-corrected chi connectivity index (χ2v) is 6.88. The van der Waals surface area contributed by atoms with Crippen molar-refractivity contribution >= 4 is 32.8 Å². The van der Waals surface area contributed by atoms with Crippen molar-refractivity contribution < 1.29 is 9.90 Å². The highest BCUT2D eigenvalue weighted by Crippen LogP contribution is 2.32. The van der Waals surface area contributed by atoms with Gasteiger partial charge in [0.1, 0.15) is 0 Å². The lowest BCUT2D eigenvalue weighted by Crippen LogP contribution is -2.31. The van der Waals surface area contributed by atoms with E-state index < -0.39 is 11.4 Å². The molecule has 1 N–H and O–H groups in total. The molecule has 3 rings (SSSR count). The van der Waals surface area contributed by atoms with Gasteiger partial charge in [0.2, 0.25) is 0 Å². The first-order valence-electron chi connectivity index (χ1n) is 6.97. The summed E-state index contributed by atoms with van der Waals surface area (Å²) in [7, 11) is 0. The summed E-state index contributed by atoms with van der Waals surface area (Å²) >= 11 is 3.54. The number of carbonyl (C=O) groups is 1. The number of carboxylic acid groups (broad SMARTS) is 1. The number of hydrogen-bond donors (Lipinski definition) is 1. The molecule has 4 nitrogen and oxygen atoms in total. The van der Waals surface area contributed by atoms with Gasteiger partial charge in [0, 0.05) is 29.1 Å². The number of halogens is 1. The monoisotopic (exact) mass is 348 g/mol. The van der Waals surface area contributed by atoms with E-state index in [0.717, 1.165) is 34.0 Å². The molecular formula is C16H17BrN2O2. The summed E-state index contributed by atoms with van der Waals surface area (Å²) in [6.45, 7) is 3.95. The van der Waals surface area contributed by atoms with Crippen LogP contribution >= 0.6 is 15.9 Å². The molecule has 0 amide bonds. The molecule has 1 aliphatic heterocycles. The highest BCUT2D eigenvalue weighted by atomic mass is 79.9. The molecule has 21 heavy (non-hydrogen) atoms. The van der Waals surface area contributed by atoms with Crippen LogP contribution in [0.4, 0.5) is 0 Å². The lowest BCUT2D eigenvalue weighted by atomic mass is 9.90. The Kier molecular flexibility index (Phi) is 3.71. The molecule has 0 bridgehead atoms. The normalized spacial score (nSPS) is 22.8. The summed E-state index contributed by atoms with van der Waals surface area (Å²) in [5.74, 6) is -0.706. The van der Waals surface area contributed by atoms with Crippen molar-refractivity contribution in [2.45, 2.75) is 19.9 Å². The molecule has 1 aliphatic rings. The fourth-order valence-corrected chi connectivity index (χ4v) is 3.48. The molecule has 1 saturated heterocycles. The first kappa shape index (κ1) is 14.5. The number of carboxylic acids is 1. The number of benzene rings is 1. The van der Waals surface area contributed by atoms with Gasteiger partial charge in [-0.3, -0.25) is 14.7 Å². The third-order valence-corrected chi connectivity index (χ3v) is 4.67. The van der Waals surface area contributed by atoms with Gasteiger partial charge in [0.25, 0.3) is 0 Å². The third-order valence-electron chi connectivity index (χ3n) is 4.21. The van der Waals surface area contributed by atoms with Crippen LogP contribution in [0.15, 0.2) is 34.9 Å². The van der Waals surface area contributed by atoms with Gasteiger partial charge in [-0.25, -0.2) is 0 Å². The standard InChI is InChI=1S/C16H17BrN2O2/c1-16(15(20)21)4-6-19(10-16)9-12-8-13(17)7-11-3-2-5-18-14(11)12/h2-3,5,7-8H,4,6,9-10H2,1H3,(H,20,21). The van der Waals surface area contributed by atoms with Gasteiger partial charge in [0.15, 0.2) is 0 Å². The minimum absolute atomic E-state index is 0.586. The van der Waals surface area contributed by atoms with E-state index in [1.54, 1.807) is 6.20 Å². The Morgan fingerprint density at radius 1 is 1.52 bits per heavy atom. The van der Waals surface area contributed by atoms with Crippen molar-refractivity contribution in [1.82, 2.24) is 9.88 Å². The van der Waals surface area contributed by atoms with Gasteiger partial charge >= 0.3 is 5.97 Å². The highest BCUT2D eigenvalue weighted by Gasteiger charge is 2.40. The van der Waals surface area contributed by atoms with Crippen LogP contribution in [0, 0.1) is 5.41 Å². The summed E-state index contributed by atoms with van der Waals surface area (Å²) in [4.78, 5) is 18.0. The van der Waals surface area contributed by atoms with Crippen molar-refractivity contribution in [3.63, 3.8) is 0 Å². The average molecular weight is 349 g/mol. The summed E-state index contributed by atoms with van der Waals surface area (Å²) in [5, 5.41) is 10.4. The number of rotatable bonds is 3. The van der Waals surface area contributed by atoms with Crippen LogP contribution in [-0.2, 0) is 11.3 Å². The van der Waals surface area contributed by atoms with Gasteiger partial charge in [0.05, 0.1) is 10.9 Å². The molecule has 1 unspecified atom stereocenters. The van der Waals surface area contributed by atoms with Crippen molar-refractivity contribution in [1.29, 1.82) is 0 Å². The van der Waals surface area contributed by atoms with Crippen LogP contribution in [0.1, 0.15) is 18.9 Å². The third kappa shape index (κ3) is 2.80. The van der Waals surface area contributed by atoms with Crippen molar-refractivity contribution in [3.05, 3.63) is 40.5 Å². The van der Waals surface area contributed by atoms with Crippen molar-refractivity contribution in [3.8, 4) is 0 Å². The zero-order valence-corrected chi connectivity index (χ0v) is 13.4. The number of fused-ring (bicyclic) bond motifs is 1. The maximum absolute atomic E-state index is 11.3. The molecule has 0 spiro atoms. The molecule has 1 fully saturated rings. The topological polar surface area (TPSA) is 53.4 Å². The first-order valence-corrected chi connectivity index (χ1v) is 7.76. The predicted octanol–water partition coefficient (Wildman–Crippen LogP) is 3.29. The van der Waals surface area contributed by atoms with Gasteiger partial charge in [-0.2, -0.15) is 0 Å². The summed E-state index contributed by atoms with van der Waals surface area (Å²) in [6.07, 6.45) is 2.49. The van der Waals surface area contributed by atoms with E-state index in [9.17, 15) is 9.90 Å². The lowest BCUT2D eigenvalue weighted by molar-refractivity contribution is -0.147. The number of likely N-dealkylation sites (tertiary alicyclic amines) is 1. The zero-order chi connectivity index (χ0) is 15.0. The van der Waals surface area contributed by atoms with Gasteiger partial charge in [-0.05, 0) is 43.7 Å². The molecule has 110 valence electrons. The largest absolute Gasteiger partial charge is 0.481 e. The number of nitrogens with zero attached hydrogens (tertiary/aromatic N) is 2. The van der Waals surface area contributed by atoms with Crippen LogP contribution in [0.2, 0.25) is 0 Å². The van der Waals surface area contributed by atoms with Crippen LogP contribution < -0.4 is 0 Å². The summed E-state index contributed by atoms with van der Waals surface area (Å²) in [6, 6.07) is 8.10. The van der Waals surface area contributed by atoms with E-state index in [1.807, 2.05) is 19.1 Å². The molecule has 5 heteroatoms. The maximum Gasteiger partial charge on any atom is 0.310 e. The highest BCUT2D eigenvalue weighted by molar-refractivity contribution is 9.10. The van der Waals surface area contributed by atoms with Crippen LogP contribution in [-0.4, -0.2) is 34.0 Å². The van der Waals surface area contributed by atoms with Crippen molar-refractivity contribution in [2.24, 2.45) is 5.41 Å². The van der Waals surface area contributed by atoms with Gasteiger partial charge in [-0.1, -0.05) is 22.0 Å². The van der Waals surface area contributed by atoms with E-state index in [0.29, 0.717) is 13.0 Å². The van der Waals surface area contributed by atoms with Crippen LogP contribution in [0.5, 0.6) is 0 Å². The first-order chi connectivity index (χ1) is 9.98. The van der Waals surface area contributed by atoms with E-state index in [1.165, 1.54) is 0 Å². The Bertz CT molecular complexity index is 704. The minimum atomic E-state index is -0.706. The van der Waals surface area contributed by atoms with E-state index >= 15 is 0 Å². The molecule has 0 radical (unpaired) electrons. The minimum Gasteiger partial charge on any atom is -0.481 e. The summed E-state index contributed by atoms with van der Waals surface area (Å²) in [5.41, 5.74) is 1.49. The van der Waals surface area contributed by atoms with E-state index in [2.05, 4.69) is 37.9 Å². The molecule has 2 heterocycles. The molecular weight excluding hydrogens is 332 g/mol. The Hall–Kier alpha value is -1.46. The maximum atomic E-state index is 11.3. The Balaban J connectivity index is 1.88. The second kappa shape index (κ2) is 5.39. The number of aliphatic carboxylic acids is 1. The Morgan fingerprint density at radius 3 is 3.05 bits per heavy atom.